The minimum atomic E-state index is -0.505. The summed E-state index contributed by atoms with van der Waals surface area (Å²) >= 11 is 0. The van der Waals surface area contributed by atoms with Crippen LogP contribution >= 0.6 is 0 Å². The summed E-state index contributed by atoms with van der Waals surface area (Å²) in [5, 5.41) is 14.8. The third-order valence-corrected chi connectivity index (χ3v) is 8.19. The fraction of sp³-hybridized carbons (Fsp3) is 0.333. The normalized spacial score (nSPS) is 15.8. The third kappa shape index (κ3) is 8.56. The van der Waals surface area contributed by atoms with E-state index in [1.807, 2.05) is 50.2 Å². The van der Waals surface area contributed by atoms with Crippen LogP contribution in [0.15, 0.2) is 83.6 Å². The molecule has 258 valence electrons. The molecule has 2 aromatic carbocycles. The Morgan fingerprint density at radius 3 is 2.58 bits per heavy atom. The highest BCUT2D eigenvalue weighted by Gasteiger charge is 2.27. The molecule has 0 unspecified atom stereocenters. The average molecular weight is 678 g/mol. The molecule has 14 nitrogen and oxygen atoms in total. The maximum Gasteiger partial charge on any atom is 0.251 e. The Kier molecular flexibility index (Phi) is 10.9. The van der Waals surface area contributed by atoms with Gasteiger partial charge in [0.25, 0.3) is 5.91 Å². The predicted octanol–water partition coefficient (Wildman–Crippen LogP) is 3.88. The minimum Gasteiger partial charge on any atom is -0.492 e. The Morgan fingerprint density at radius 1 is 0.960 bits per heavy atom. The maximum atomic E-state index is 13.7. The summed E-state index contributed by atoms with van der Waals surface area (Å²) in [5.74, 6) is 1.49. The molecule has 4 heterocycles. The number of aromatic nitrogens is 6. The van der Waals surface area contributed by atoms with Crippen molar-refractivity contribution in [2.75, 3.05) is 26.2 Å². The summed E-state index contributed by atoms with van der Waals surface area (Å²) in [6.45, 7) is 4.65. The van der Waals surface area contributed by atoms with Gasteiger partial charge in [-0.2, -0.15) is 10.1 Å². The van der Waals surface area contributed by atoms with Crippen LogP contribution in [0.2, 0.25) is 0 Å². The van der Waals surface area contributed by atoms with E-state index < -0.39 is 6.04 Å². The van der Waals surface area contributed by atoms with E-state index in [0.29, 0.717) is 54.1 Å². The van der Waals surface area contributed by atoms with Gasteiger partial charge in [0.2, 0.25) is 23.5 Å². The second-order valence-electron chi connectivity index (χ2n) is 12.2. The van der Waals surface area contributed by atoms with Gasteiger partial charge in [0.1, 0.15) is 12.4 Å². The molecule has 14 heteroatoms. The van der Waals surface area contributed by atoms with Gasteiger partial charge >= 0.3 is 0 Å². The van der Waals surface area contributed by atoms with E-state index in [9.17, 15) is 14.4 Å². The number of benzene rings is 2. The standard InChI is InChI=1S/C36H39N9O5/c1-24(2)32-35-41-33(25-9-4-3-5-10-25)42-45(35)19-20-49-28-13-6-11-26(21-28)36(48)38-17-18-44(23-29(46)39-32)31(47)15-7-14-30-40-34(43-50-30)27-12-8-16-37-22-27/h3-6,8-13,16,21-22,24,32H,7,14-15,17-20,23H2,1-2H3,(H,38,48)(H,39,46)/t32-/m0/s1. The Labute approximate surface area is 289 Å². The smallest absolute Gasteiger partial charge is 0.251 e. The van der Waals surface area contributed by atoms with E-state index in [2.05, 4.69) is 25.8 Å². The lowest BCUT2D eigenvalue weighted by atomic mass is 10.0. The quantitative estimate of drug-likeness (QED) is 0.258. The van der Waals surface area contributed by atoms with Crippen LogP contribution in [-0.2, 0) is 22.6 Å². The van der Waals surface area contributed by atoms with Crippen LogP contribution in [0.3, 0.4) is 0 Å². The van der Waals surface area contributed by atoms with Crippen molar-refractivity contribution in [2.24, 2.45) is 5.92 Å². The highest BCUT2D eigenvalue weighted by molar-refractivity contribution is 5.94. The van der Waals surface area contributed by atoms with E-state index >= 15 is 0 Å². The van der Waals surface area contributed by atoms with Crippen molar-refractivity contribution in [3.8, 4) is 28.5 Å². The number of carbonyl (C=O) groups is 3. The molecule has 2 N–H and O–H groups in total. The zero-order valence-corrected chi connectivity index (χ0v) is 28.0. The zero-order chi connectivity index (χ0) is 34.9. The molecule has 0 radical (unpaired) electrons. The van der Waals surface area contributed by atoms with Crippen LogP contribution in [-0.4, -0.2) is 78.8 Å². The molecule has 2 bridgehead atoms. The molecule has 1 aliphatic rings. The Balaban J connectivity index is 1.21. The molecule has 0 saturated carbocycles. The van der Waals surface area contributed by atoms with Gasteiger partial charge in [-0.05, 0) is 42.7 Å². The lowest BCUT2D eigenvalue weighted by molar-refractivity contribution is -0.136. The molecule has 3 amide bonds. The van der Waals surface area contributed by atoms with Gasteiger partial charge in [0.05, 0.1) is 19.1 Å². The minimum absolute atomic E-state index is 0.0559. The molecule has 3 aromatic heterocycles. The van der Waals surface area contributed by atoms with Gasteiger partial charge < -0.3 is 24.8 Å². The number of nitrogens with one attached hydrogen (secondary N) is 2. The van der Waals surface area contributed by atoms with E-state index in [0.717, 1.165) is 11.1 Å². The summed E-state index contributed by atoms with van der Waals surface area (Å²) in [4.78, 5) is 55.1. The van der Waals surface area contributed by atoms with E-state index in [1.165, 1.54) is 4.90 Å². The predicted molar refractivity (Wildman–Crippen MR) is 182 cm³/mol. The number of rotatable bonds is 7. The monoisotopic (exact) mass is 677 g/mol. The fourth-order valence-corrected chi connectivity index (χ4v) is 5.57. The van der Waals surface area contributed by atoms with Gasteiger partial charge in [0, 0.05) is 55.0 Å². The number of fused-ring (bicyclic) bond motifs is 3. The van der Waals surface area contributed by atoms with Crippen LogP contribution in [0.5, 0.6) is 5.75 Å². The fourth-order valence-electron chi connectivity index (χ4n) is 5.57. The van der Waals surface area contributed by atoms with Crippen molar-refractivity contribution >= 4 is 17.7 Å². The maximum absolute atomic E-state index is 13.7. The van der Waals surface area contributed by atoms with Gasteiger partial charge in [-0.15, -0.1) is 0 Å². The van der Waals surface area contributed by atoms with Crippen LogP contribution in [0.1, 0.15) is 54.8 Å². The second-order valence-corrected chi connectivity index (χ2v) is 12.2. The third-order valence-electron chi connectivity index (χ3n) is 8.19. The highest BCUT2D eigenvalue weighted by atomic mass is 16.5. The number of ether oxygens (including phenoxy) is 1. The van der Waals surface area contributed by atoms with Crippen LogP contribution in [0.4, 0.5) is 0 Å². The van der Waals surface area contributed by atoms with Crippen LogP contribution < -0.4 is 15.4 Å². The summed E-state index contributed by atoms with van der Waals surface area (Å²) in [5.41, 5.74) is 1.99. The lowest BCUT2D eigenvalue weighted by Crippen LogP contribution is -2.46. The molecular weight excluding hydrogens is 638 g/mol. The van der Waals surface area contributed by atoms with E-state index in [-0.39, 0.29) is 56.3 Å². The largest absolute Gasteiger partial charge is 0.492 e. The summed E-state index contributed by atoms with van der Waals surface area (Å²) in [6.07, 6.45) is 4.24. The molecule has 0 fully saturated rings. The number of pyridine rings is 1. The molecule has 5 aromatic rings. The molecule has 1 atom stereocenters. The van der Waals surface area contributed by atoms with Crippen LogP contribution in [0.25, 0.3) is 22.8 Å². The molecule has 0 aliphatic carbocycles. The molecule has 0 saturated heterocycles. The first-order chi connectivity index (χ1) is 24.3. The summed E-state index contributed by atoms with van der Waals surface area (Å²) in [7, 11) is 0. The van der Waals surface area contributed by atoms with Crippen molar-refractivity contribution < 1.29 is 23.6 Å². The number of aryl methyl sites for hydroxylation is 1. The zero-order valence-electron chi connectivity index (χ0n) is 28.0. The Hall–Kier alpha value is -5.92. The van der Waals surface area contributed by atoms with Gasteiger partial charge in [-0.3, -0.25) is 19.4 Å². The van der Waals surface area contributed by atoms with Crippen molar-refractivity contribution in [2.45, 2.75) is 45.7 Å². The first kappa shape index (κ1) is 34.0. The molecule has 50 heavy (non-hydrogen) atoms. The second kappa shape index (κ2) is 16.0. The molecule has 6 rings (SSSR count). The van der Waals surface area contributed by atoms with E-state index in [4.69, 9.17) is 19.3 Å². The first-order valence-electron chi connectivity index (χ1n) is 16.7. The molecule has 1 aliphatic heterocycles. The summed E-state index contributed by atoms with van der Waals surface area (Å²) in [6, 6.07) is 19.6. The molecule has 0 spiro atoms. The first-order valence-corrected chi connectivity index (χ1v) is 16.7. The number of nitrogens with zero attached hydrogens (tertiary/aromatic N) is 7. The van der Waals surface area contributed by atoms with Crippen molar-refractivity contribution in [3.05, 3.63) is 96.4 Å². The number of amides is 3. The SMILES string of the molecule is CC(C)[C@@H]1NC(=O)CN(C(=O)CCCc2nc(-c3cccnc3)no2)CCNC(=O)c2cccc(c2)OCCn2nc(-c3ccccc3)nc21. The number of hydrogen-bond donors (Lipinski definition) is 2. The summed E-state index contributed by atoms with van der Waals surface area (Å²) < 4.78 is 13.2. The highest BCUT2D eigenvalue weighted by Crippen LogP contribution is 2.25. The molecular formula is C36H39N9O5. The van der Waals surface area contributed by atoms with Crippen molar-refractivity contribution in [3.63, 3.8) is 0 Å². The van der Waals surface area contributed by atoms with E-state index in [1.54, 1.807) is 47.4 Å². The van der Waals surface area contributed by atoms with Crippen molar-refractivity contribution in [1.29, 1.82) is 0 Å². The Bertz CT molecular complexity index is 1910. The van der Waals surface area contributed by atoms with Gasteiger partial charge in [0.15, 0.2) is 11.6 Å². The van der Waals surface area contributed by atoms with Gasteiger partial charge in [-0.1, -0.05) is 55.4 Å². The van der Waals surface area contributed by atoms with Gasteiger partial charge in [-0.25, -0.2) is 9.67 Å². The topological polar surface area (TPSA) is 170 Å². The number of carbonyl (C=O) groups excluding carboxylic acids is 3. The van der Waals surface area contributed by atoms with Crippen molar-refractivity contribution in [1.82, 2.24) is 45.4 Å². The van der Waals surface area contributed by atoms with Crippen LogP contribution in [0, 0.1) is 5.92 Å². The number of hydrogen-bond acceptors (Lipinski definition) is 10. The lowest BCUT2D eigenvalue weighted by Gasteiger charge is -2.26. The Morgan fingerprint density at radius 2 is 1.78 bits per heavy atom. The average Bonchev–Trinajstić information content (AvgIpc) is 3.78.